The number of nitrogens with zero attached hydrogens (tertiary/aromatic N) is 6. The van der Waals surface area contributed by atoms with Gasteiger partial charge in [0.25, 0.3) is 0 Å². The summed E-state index contributed by atoms with van der Waals surface area (Å²) in [5.41, 5.74) is -3.69. The smallest absolute Gasteiger partial charge is 0.459 e. The highest BCUT2D eigenvalue weighted by atomic mass is 31.2. The van der Waals surface area contributed by atoms with Gasteiger partial charge < -0.3 is 29.1 Å². The Morgan fingerprint density at radius 3 is 2.61 bits per heavy atom. The monoisotopic (exact) mass is 655 g/mol. The molecule has 246 valence electrons. The first-order chi connectivity index (χ1) is 21.9. The zero-order valence-electron chi connectivity index (χ0n) is 26.2. The van der Waals surface area contributed by atoms with Crippen LogP contribution in [0.2, 0.25) is 0 Å². The van der Waals surface area contributed by atoms with Crippen LogP contribution < -0.4 is 9.61 Å². The SMILES string of the molecule is CCC(CC)COC(=O)[C@H](C)N[P@@](=O)(Oc1ccccc1)OC1[C@H]2O[C@@](C#N)(c3ccc4c(/N=C\N(C)C)ncnn34)[C@H](O)[C@@]12O. The molecule has 1 saturated heterocycles. The molecule has 2 aliphatic rings. The Kier molecular flexibility index (Phi) is 9.51. The first-order valence-corrected chi connectivity index (χ1v) is 16.5. The minimum atomic E-state index is -4.43. The molecule has 0 amide bonds. The van der Waals surface area contributed by atoms with E-state index in [0.717, 1.165) is 12.8 Å². The van der Waals surface area contributed by atoms with Gasteiger partial charge in [-0.1, -0.05) is 44.9 Å². The van der Waals surface area contributed by atoms with E-state index in [1.165, 1.54) is 23.8 Å². The Balaban J connectivity index is 1.38. The van der Waals surface area contributed by atoms with E-state index in [0.29, 0.717) is 11.3 Å². The number of carbonyl (C=O) groups excluding carboxylic acids is 1. The number of rotatable bonds is 14. The van der Waals surface area contributed by atoms with Gasteiger partial charge in [0.05, 0.1) is 18.6 Å². The fourth-order valence-electron chi connectivity index (χ4n) is 5.33. The number of nitriles is 1. The number of nitrogens with one attached hydrogen (secondary N) is 1. The second kappa shape index (κ2) is 13.1. The van der Waals surface area contributed by atoms with Crippen LogP contribution in [0.3, 0.4) is 0 Å². The fourth-order valence-corrected chi connectivity index (χ4v) is 7.05. The molecule has 3 N–H and O–H groups in total. The number of hydrogen-bond acceptors (Lipinski definition) is 12. The van der Waals surface area contributed by atoms with E-state index in [-0.39, 0.29) is 24.0 Å². The van der Waals surface area contributed by atoms with E-state index in [2.05, 4.69) is 20.2 Å². The van der Waals surface area contributed by atoms with Crippen LogP contribution in [0.1, 0.15) is 39.3 Å². The van der Waals surface area contributed by atoms with Gasteiger partial charge in [-0.05, 0) is 37.1 Å². The summed E-state index contributed by atoms with van der Waals surface area (Å²) in [6.45, 7) is 5.65. The molecule has 3 aromatic rings. The number of carbonyl (C=O) groups is 1. The van der Waals surface area contributed by atoms with Gasteiger partial charge in [0.1, 0.15) is 48.0 Å². The van der Waals surface area contributed by atoms with Crippen molar-refractivity contribution in [2.24, 2.45) is 10.9 Å². The number of aliphatic hydroxyl groups excluding tert-OH is 1. The summed E-state index contributed by atoms with van der Waals surface area (Å²) in [6.07, 6.45) is -0.0901. The quantitative estimate of drug-likeness (QED) is 0.0994. The summed E-state index contributed by atoms with van der Waals surface area (Å²) >= 11 is 0. The molecular weight excluding hydrogens is 617 g/mol. The largest absolute Gasteiger partial charge is 0.464 e. The standard InChI is InChI=1S/C30H38N7O8P/c1-6-20(7-2)15-42-27(38)19(3)35-46(41,44-21-11-9-8-10-12-21)45-25-24-30(25,40)28(39)29(16-31,43-24)23-14-13-22-26(33-18-36(4)5)32-17-34-37(22)23/h8-14,17-20,24-25,28,39-40H,6-7,15H2,1-5H3,(H,35,41)/b33-18-/t19-,24+,25?,28-,29-,30-,46+/m0/s1. The molecule has 15 nitrogen and oxygen atoms in total. The summed E-state index contributed by atoms with van der Waals surface area (Å²) in [4.78, 5) is 23.0. The average Bonchev–Trinajstić information content (AvgIpc) is 3.30. The predicted molar refractivity (Wildman–Crippen MR) is 165 cm³/mol. The number of para-hydroxylation sites is 1. The van der Waals surface area contributed by atoms with Crippen LogP contribution in [0.5, 0.6) is 5.75 Å². The molecule has 2 aromatic heterocycles. The average molecular weight is 656 g/mol. The number of aromatic nitrogens is 3. The van der Waals surface area contributed by atoms with Crippen LogP contribution >= 0.6 is 7.75 Å². The molecule has 3 heterocycles. The highest BCUT2D eigenvalue weighted by Crippen LogP contribution is 2.63. The predicted octanol–water partition coefficient (Wildman–Crippen LogP) is 2.70. The number of aliphatic imine (C=N–C) groups is 1. The molecule has 1 aromatic carbocycles. The third-order valence-electron chi connectivity index (χ3n) is 8.15. The van der Waals surface area contributed by atoms with Crippen molar-refractivity contribution < 1.29 is 38.1 Å². The lowest BCUT2D eigenvalue weighted by atomic mass is 9.90. The van der Waals surface area contributed by atoms with Gasteiger partial charge in [0.15, 0.2) is 11.4 Å². The van der Waals surface area contributed by atoms with Crippen LogP contribution in [-0.2, 0) is 29.0 Å². The summed E-state index contributed by atoms with van der Waals surface area (Å²) in [5.74, 6) is -0.0226. The number of benzene rings is 1. The Hall–Kier alpha value is -3.90. The lowest BCUT2D eigenvalue weighted by Gasteiger charge is -2.30. The first-order valence-electron chi connectivity index (χ1n) is 14.9. The molecule has 2 fully saturated rings. The molecule has 7 atom stereocenters. The molecular formula is C30H38N7O8P. The highest BCUT2D eigenvalue weighted by molar-refractivity contribution is 7.52. The number of hydrogen-bond donors (Lipinski definition) is 3. The van der Waals surface area contributed by atoms with Crippen molar-refractivity contribution in [2.75, 3.05) is 20.7 Å². The van der Waals surface area contributed by atoms with Gasteiger partial charge >= 0.3 is 13.7 Å². The summed E-state index contributed by atoms with van der Waals surface area (Å²) in [7, 11) is -0.838. The van der Waals surface area contributed by atoms with Gasteiger partial charge in [0, 0.05) is 14.1 Å². The third kappa shape index (κ3) is 6.12. The first kappa shape index (κ1) is 33.5. The molecule has 1 aliphatic carbocycles. The van der Waals surface area contributed by atoms with E-state index >= 15 is 0 Å². The van der Waals surface area contributed by atoms with Crippen LogP contribution in [0.4, 0.5) is 5.82 Å². The Bertz CT molecular complexity index is 1680. The summed E-state index contributed by atoms with van der Waals surface area (Å²) in [5, 5.41) is 40.2. The van der Waals surface area contributed by atoms with Gasteiger partial charge in [-0.3, -0.25) is 9.32 Å². The second-order valence-corrected chi connectivity index (χ2v) is 13.2. The van der Waals surface area contributed by atoms with Crippen molar-refractivity contribution in [2.45, 2.75) is 69.2 Å². The van der Waals surface area contributed by atoms with E-state index in [4.69, 9.17) is 18.5 Å². The normalized spacial score (nSPS) is 27.2. The molecule has 16 heteroatoms. The van der Waals surface area contributed by atoms with Crippen molar-refractivity contribution in [3.05, 3.63) is 54.5 Å². The highest BCUT2D eigenvalue weighted by Gasteiger charge is 2.83. The lowest BCUT2D eigenvalue weighted by Crippen LogP contribution is -2.47. The van der Waals surface area contributed by atoms with Gasteiger partial charge in [-0.2, -0.15) is 15.4 Å². The van der Waals surface area contributed by atoms with Crippen LogP contribution in [0, 0.1) is 17.2 Å². The number of aliphatic hydroxyl groups is 2. The zero-order valence-corrected chi connectivity index (χ0v) is 27.1. The van der Waals surface area contributed by atoms with Crippen LogP contribution in [0.25, 0.3) is 5.52 Å². The van der Waals surface area contributed by atoms with E-state index < -0.39 is 49.3 Å². The summed E-state index contributed by atoms with van der Waals surface area (Å²) < 4.78 is 38.5. The topological polar surface area (TPSA) is 193 Å². The van der Waals surface area contributed by atoms with Crippen LogP contribution in [-0.4, -0.2) is 92.7 Å². The molecule has 0 spiro atoms. The summed E-state index contributed by atoms with van der Waals surface area (Å²) in [6, 6.07) is 12.1. The van der Waals surface area contributed by atoms with Crippen molar-refractivity contribution in [1.29, 1.82) is 5.26 Å². The molecule has 46 heavy (non-hydrogen) atoms. The zero-order chi connectivity index (χ0) is 33.3. The minimum absolute atomic E-state index is 0.122. The lowest BCUT2D eigenvalue weighted by molar-refractivity contribution is -0.146. The number of fused-ring (bicyclic) bond motifs is 2. The minimum Gasteiger partial charge on any atom is -0.464 e. The van der Waals surface area contributed by atoms with Crippen molar-refractivity contribution >= 4 is 31.4 Å². The van der Waals surface area contributed by atoms with E-state index in [1.807, 2.05) is 19.9 Å². The third-order valence-corrected chi connectivity index (χ3v) is 9.80. The molecule has 1 unspecified atom stereocenters. The van der Waals surface area contributed by atoms with Crippen molar-refractivity contribution in [3.8, 4) is 11.8 Å². The van der Waals surface area contributed by atoms with Gasteiger partial charge in [0.2, 0.25) is 5.60 Å². The van der Waals surface area contributed by atoms with Crippen molar-refractivity contribution in [1.82, 2.24) is 24.6 Å². The maximum absolute atomic E-state index is 14.1. The molecule has 1 aliphatic heterocycles. The van der Waals surface area contributed by atoms with Gasteiger partial charge in [-0.15, -0.1) is 0 Å². The Morgan fingerprint density at radius 1 is 1.28 bits per heavy atom. The van der Waals surface area contributed by atoms with Crippen LogP contribution in [0.15, 0.2) is 53.8 Å². The van der Waals surface area contributed by atoms with E-state index in [1.54, 1.807) is 61.7 Å². The maximum Gasteiger partial charge on any atom is 0.459 e. The molecule has 1 saturated carbocycles. The number of ether oxygens (including phenoxy) is 2. The Labute approximate surface area is 266 Å². The maximum atomic E-state index is 14.1. The van der Waals surface area contributed by atoms with Crippen molar-refractivity contribution in [3.63, 3.8) is 0 Å². The fraction of sp³-hybridized carbons (Fsp3) is 0.500. The molecule has 5 rings (SSSR count). The van der Waals surface area contributed by atoms with E-state index in [9.17, 15) is 24.8 Å². The Morgan fingerprint density at radius 2 is 2.00 bits per heavy atom. The molecule has 0 radical (unpaired) electrons. The second-order valence-electron chi connectivity index (χ2n) is 11.6. The van der Waals surface area contributed by atoms with Gasteiger partial charge in [-0.25, -0.2) is 19.1 Å². The molecule has 0 bridgehead atoms. The number of esters is 1.